The van der Waals surface area contributed by atoms with Crippen molar-refractivity contribution in [2.24, 2.45) is 0 Å². The molecule has 0 saturated carbocycles. The lowest BCUT2D eigenvalue weighted by Gasteiger charge is -2.07. The summed E-state index contributed by atoms with van der Waals surface area (Å²) in [5.41, 5.74) is 2.00. The van der Waals surface area contributed by atoms with Crippen molar-refractivity contribution in [2.45, 2.75) is 13.8 Å². The number of aryl methyl sites for hydroxylation is 2. The molecule has 0 spiro atoms. The lowest BCUT2D eigenvalue weighted by Crippen LogP contribution is -1.93. The zero-order valence-corrected chi connectivity index (χ0v) is 9.97. The molecule has 1 heterocycles. The second-order valence-corrected chi connectivity index (χ2v) is 3.96. The van der Waals surface area contributed by atoms with Gasteiger partial charge in [-0.3, -0.25) is 0 Å². The van der Waals surface area contributed by atoms with Crippen LogP contribution in [0.2, 0.25) is 0 Å². The van der Waals surface area contributed by atoms with Crippen molar-refractivity contribution in [3.8, 4) is 11.6 Å². The van der Waals surface area contributed by atoms with E-state index >= 15 is 0 Å². The summed E-state index contributed by atoms with van der Waals surface area (Å²) < 4.78 is 6.11. The highest BCUT2D eigenvalue weighted by Gasteiger charge is 2.02. The van der Waals surface area contributed by atoms with Crippen LogP contribution in [0.3, 0.4) is 0 Å². The average Bonchev–Trinajstić information content (AvgIpc) is 2.20. The van der Waals surface area contributed by atoms with E-state index in [1.807, 2.05) is 44.2 Å². The van der Waals surface area contributed by atoms with Crippen molar-refractivity contribution in [1.29, 1.82) is 0 Å². The van der Waals surface area contributed by atoms with Crippen LogP contribution in [0.4, 0.5) is 0 Å². The summed E-state index contributed by atoms with van der Waals surface area (Å²) in [4.78, 5) is 7.04. The van der Waals surface area contributed by atoms with E-state index < -0.39 is 0 Å². The SMILES string of the molecule is Cc1cc(Oc2ccccc2C)nc(=S)[nH]1. The largest absolute Gasteiger partial charge is 0.439 e. The highest BCUT2D eigenvalue weighted by Crippen LogP contribution is 2.22. The highest BCUT2D eigenvalue weighted by atomic mass is 32.1. The van der Waals surface area contributed by atoms with Gasteiger partial charge in [0.1, 0.15) is 5.75 Å². The molecule has 1 N–H and O–H groups in total. The van der Waals surface area contributed by atoms with Crippen LogP contribution in [0.5, 0.6) is 11.6 Å². The maximum Gasteiger partial charge on any atom is 0.223 e. The van der Waals surface area contributed by atoms with E-state index in [-0.39, 0.29) is 0 Å². The number of ether oxygens (including phenoxy) is 1. The molecule has 4 heteroatoms. The zero-order chi connectivity index (χ0) is 11.5. The lowest BCUT2D eigenvalue weighted by atomic mass is 10.2. The first-order valence-corrected chi connectivity index (χ1v) is 5.37. The van der Waals surface area contributed by atoms with Gasteiger partial charge in [0.2, 0.25) is 5.88 Å². The van der Waals surface area contributed by atoms with E-state index in [2.05, 4.69) is 9.97 Å². The van der Waals surface area contributed by atoms with E-state index in [0.29, 0.717) is 10.7 Å². The van der Waals surface area contributed by atoms with Gasteiger partial charge in [-0.25, -0.2) is 0 Å². The molecule has 0 aliphatic heterocycles. The smallest absolute Gasteiger partial charge is 0.223 e. The molecule has 82 valence electrons. The summed E-state index contributed by atoms with van der Waals surface area (Å²) in [6, 6.07) is 9.62. The maximum atomic E-state index is 5.67. The van der Waals surface area contributed by atoms with Gasteiger partial charge in [0.15, 0.2) is 4.77 Å². The van der Waals surface area contributed by atoms with E-state index in [0.717, 1.165) is 17.0 Å². The number of aromatic amines is 1. The van der Waals surface area contributed by atoms with Crippen LogP contribution in [0.15, 0.2) is 30.3 Å². The van der Waals surface area contributed by atoms with Crippen LogP contribution in [-0.2, 0) is 0 Å². The summed E-state index contributed by atoms with van der Waals surface area (Å²) in [6.07, 6.45) is 0. The van der Waals surface area contributed by atoms with E-state index in [4.69, 9.17) is 17.0 Å². The molecule has 0 bridgehead atoms. The van der Waals surface area contributed by atoms with Gasteiger partial charge in [-0.15, -0.1) is 0 Å². The number of nitrogens with one attached hydrogen (secondary N) is 1. The number of benzene rings is 1. The Hall–Kier alpha value is -1.68. The highest BCUT2D eigenvalue weighted by molar-refractivity contribution is 7.71. The molecule has 0 saturated heterocycles. The number of hydrogen-bond acceptors (Lipinski definition) is 3. The fourth-order valence-corrected chi connectivity index (χ4v) is 1.64. The Morgan fingerprint density at radius 2 is 2.00 bits per heavy atom. The molecule has 1 aromatic heterocycles. The lowest BCUT2D eigenvalue weighted by molar-refractivity contribution is 0.456. The molecule has 0 unspecified atom stereocenters. The molecular formula is C12H12N2OS. The minimum Gasteiger partial charge on any atom is -0.439 e. The fraction of sp³-hybridized carbons (Fsp3) is 0.167. The Labute approximate surface area is 99.1 Å². The van der Waals surface area contributed by atoms with Crippen LogP contribution in [-0.4, -0.2) is 9.97 Å². The summed E-state index contributed by atoms with van der Waals surface area (Å²) in [7, 11) is 0. The van der Waals surface area contributed by atoms with Crippen LogP contribution in [0, 0.1) is 18.6 Å². The van der Waals surface area contributed by atoms with Gasteiger partial charge in [-0.1, -0.05) is 18.2 Å². The second-order valence-electron chi connectivity index (χ2n) is 3.58. The molecule has 16 heavy (non-hydrogen) atoms. The quantitative estimate of drug-likeness (QED) is 0.805. The summed E-state index contributed by atoms with van der Waals surface area (Å²) in [5, 5.41) is 0. The Bertz CT molecular complexity index is 563. The molecule has 0 amide bonds. The first kappa shape index (κ1) is 10.8. The van der Waals surface area contributed by atoms with E-state index in [1.165, 1.54) is 0 Å². The summed E-state index contributed by atoms with van der Waals surface area (Å²) in [6.45, 7) is 3.91. The number of aromatic nitrogens is 2. The first-order chi connectivity index (χ1) is 7.65. The molecule has 1 aromatic carbocycles. The van der Waals surface area contributed by atoms with Crippen molar-refractivity contribution in [1.82, 2.24) is 9.97 Å². The molecular weight excluding hydrogens is 220 g/mol. The van der Waals surface area contributed by atoms with Crippen LogP contribution in [0.25, 0.3) is 0 Å². The van der Waals surface area contributed by atoms with Gasteiger partial charge >= 0.3 is 0 Å². The van der Waals surface area contributed by atoms with Crippen LogP contribution >= 0.6 is 12.2 Å². The Morgan fingerprint density at radius 3 is 2.69 bits per heavy atom. The minimum absolute atomic E-state index is 0.434. The molecule has 0 aliphatic rings. The van der Waals surface area contributed by atoms with E-state index in [9.17, 15) is 0 Å². The standard InChI is InChI=1S/C12H12N2OS/c1-8-5-3-4-6-10(8)15-11-7-9(2)13-12(16)14-11/h3-7H,1-2H3,(H,13,14,16). The maximum absolute atomic E-state index is 5.67. The molecule has 3 nitrogen and oxygen atoms in total. The Morgan fingerprint density at radius 1 is 1.25 bits per heavy atom. The van der Waals surface area contributed by atoms with Crippen molar-refractivity contribution in [2.75, 3.05) is 0 Å². The molecule has 0 fully saturated rings. The molecule has 0 aliphatic carbocycles. The Kier molecular flexibility index (Phi) is 3.01. The minimum atomic E-state index is 0.434. The molecule has 0 radical (unpaired) electrons. The zero-order valence-electron chi connectivity index (χ0n) is 9.15. The molecule has 0 atom stereocenters. The van der Waals surface area contributed by atoms with Crippen molar-refractivity contribution < 1.29 is 4.74 Å². The van der Waals surface area contributed by atoms with Gasteiger partial charge in [-0.2, -0.15) is 4.98 Å². The predicted octanol–water partition coefficient (Wildman–Crippen LogP) is 3.55. The third-order valence-corrected chi connectivity index (χ3v) is 2.36. The van der Waals surface area contributed by atoms with Crippen LogP contribution < -0.4 is 4.74 Å². The fourth-order valence-electron chi connectivity index (χ4n) is 1.39. The van der Waals surface area contributed by atoms with Gasteiger partial charge in [0.25, 0.3) is 0 Å². The first-order valence-electron chi connectivity index (χ1n) is 4.96. The van der Waals surface area contributed by atoms with Gasteiger partial charge in [0.05, 0.1) is 0 Å². The Balaban J connectivity index is 2.34. The second kappa shape index (κ2) is 4.45. The normalized spacial score (nSPS) is 10.1. The monoisotopic (exact) mass is 232 g/mol. The van der Waals surface area contributed by atoms with Crippen LogP contribution in [0.1, 0.15) is 11.3 Å². The van der Waals surface area contributed by atoms with E-state index in [1.54, 1.807) is 0 Å². The topological polar surface area (TPSA) is 37.9 Å². The van der Waals surface area contributed by atoms with Gasteiger partial charge in [-0.05, 0) is 37.7 Å². The van der Waals surface area contributed by atoms with Gasteiger partial charge < -0.3 is 9.72 Å². The molecule has 2 aromatic rings. The van der Waals surface area contributed by atoms with Gasteiger partial charge in [0, 0.05) is 11.8 Å². The van der Waals surface area contributed by atoms with Crippen molar-refractivity contribution in [3.63, 3.8) is 0 Å². The number of hydrogen-bond donors (Lipinski definition) is 1. The number of rotatable bonds is 2. The summed E-state index contributed by atoms with van der Waals surface area (Å²) >= 11 is 4.99. The third-order valence-electron chi connectivity index (χ3n) is 2.16. The predicted molar refractivity (Wildman–Crippen MR) is 65.4 cm³/mol. The number of H-pyrrole nitrogens is 1. The molecule has 2 rings (SSSR count). The third kappa shape index (κ3) is 2.46. The van der Waals surface area contributed by atoms with Crippen molar-refractivity contribution in [3.05, 3.63) is 46.4 Å². The number of para-hydroxylation sites is 1. The average molecular weight is 232 g/mol. The van der Waals surface area contributed by atoms with Crippen molar-refractivity contribution >= 4 is 12.2 Å². The number of nitrogens with zero attached hydrogens (tertiary/aromatic N) is 1. The summed E-state index contributed by atoms with van der Waals surface area (Å²) in [5.74, 6) is 1.32.